The topological polar surface area (TPSA) is 38.3 Å². The number of carbonyl (C=O) groups excluding carboxylic acids is 1. The smallest absolute Gasteiger partial charge is 0.323 e. The molecule has 0 amide bonds. The van der Waals surface area contributed by atoms with Crippen molar-refractivity contribution in [3.8, 4) is 0 Å². The number of hydrogen-bond donors (Lipinski definition) is 1. The molecule has 2 aliphatic rings. The third kappa shape index (κ3) is 1.34. The maximum absolute atomic E-state index is 11.5. The Balaban J connectivity index is 0.00000180. The molecule has 4 heteroatoms. The van der Waals surface area contributed by atoms with Crippen molar-refractivity contribution in [2.75, 3.05) is 13.7 Å². The zero-order valence-electron chi connectivity index (χ0n) is 13.2. The fraction of sp³-hybridized carbons (Fsp3) is 0.889. The van der Waals surface area contributed by atoms with Crippen LogP contribution in [0.25, 0.3) is 0 Å². The predicted molar refractivity (Wildman–Crippen MR) is 51.8 cm³/mol. The lowest BCUT2D eigenvalue weighted by molar-refractivity contribution is -0.143. The summed E-state index contributed by atoms with van der Waals surface area (Å²) in [6, 6.07) is -0.833. The average Bonchev–Trinajstić information content (AvgIpc) is 2.72. The van der Waals surface area contributed by atoms with Gasteiger partial charge in [-0.1, -0.05) is 13.7 Å². The molecule has 76 valence electrons. The summed E-state index contributed by atoms with van der Waals surface area (Å²) in [5, 5.41) is 2.83. The quantitative estimate of drug-likeness (QED) is 0.653. The van der Waals surface area contributed by atoms with Crippen molar-refractivity contribution >= 4 is 18.4 Å². The van der Waals surface area contributed by atoms with Gasteiger partial charge in [0.15, 0.2) is 0 Å². The van der Waals surface area contributed by atoms with Gasteiger partial charge in [-0.15, -0.1) is 12.4 Å². The first-order valence-electron chi connectivity index (χ1n) is 6.90. The van der Waals surface area contributed by atoms with Gasteiger partial charge in [-0.3, -0.25) is 4.79 Å². The standard InChI is InChI=1S/C9H15NO2.ClH/c1-9(2)5-4-10-7(6(5)9)8(11)12-3;/h5-7,10H,4H2,1-3H3;1H/t5-,6+,7-;/m0./s1/i1D3,2D3;. The van der Waals surface area contributed by atoms with Gasteiger partial charge in [0.05, 0.1) is 7.11 Å². The Hall–Kier alpha value is -0.280. The number of piperidine rings is 1. The summed E-state index contributed by atoms with van der Waals surface area (Å²) in [5.74, 6) is -1.83. The van der Waals surface area contributed by atoms with Crippen LogP contribution in [-0.2, 0) is 9.53 Å². The highest BCUT2D eigenvalue weighted by molar-refractivity contribution is 5.85. The van der Waals surface area contributed by atoms with Gasteiger partial charge in [0.2, 0.25) is 0 Å². The first-order chi connectivity index (χ1) is 8.09. The van der Waals surface area contributed by atoms with Crippen molar-refractivity contribution < 1.29 is 17.8 Å². The average molecular weight is 212 g/mol. The van der Waals surface area contributed by atoms with Gasteiger partial charge in [-0.25, -0.2) is 0 Å². The summed E-state index contributed by atoms with van der Waals surface area (Å²) in [6.45, 7) is -4.99. The van der Waals surface area contributed by atoms with Crippen molar-refractivity contribution in [3.63, 3.8) is 0 Å². The molecule has 1 N–H and O–H groups in total. The van der Waals surface area contributed by atoms with E-state index < -0.39 is 43.0 Å². The number of fused-ring (bicyclic) bond motifs is 1. The minimum Gasteiger partial charge on any atom is -0.468 e. The van der Waals surface area contributed by atoms with Crippen molar-refractivity contribution in [3.05, 3.63) is 0 Å². The molecule has 1 aliphatic heterocycles. The zero-order chi connectivity index (χ0) is 13.9. The summed E-state index contributed by atoms with van der Waals surface area (Å²) in [7, 11) is 1.20. The molecule has 2 rings (SSSR count). The first-order valence-corrected chi connectivity index (χ1v) is 3.90. The Kier molecular flexibility index (Phi) is 1.20. The third-order valence-electron chi connectivity index (χ3n) is 2.81. The lowest BCUT2D eigenvalue weighted by Gasteiger charge is -2.16. The highest BCUT2D eigenvalue weighted by atomic mass is 35.5. The van der Waals surface area contributed by atoms with Crippen LogP contribution in [0.2, 0.25) is 0 Å². The summed E-state index contributed by atoms with van der Waals surface area (Å²) in [5.41, 5.74) is -1.77. The molecule has 0 unspecified atom stereocenters. The molecule has 3 nitrogen and oxygen atoms in total. The Bertz CT molecular complexity index is 368. The van der Waals surface area contributed by atoms with E-state index in [-0.39, 0.29) is 19.0 Å². The molecule has 1 aliphatic carbocycles. The molecular weight excluding hydrogens is 190 g/mol. The van der Waals surface area contributed by atoms with Gasteiger partial charge in [-0.2, -0.15) is 0 Å². The maximum Gasteiger partial charge on any atom is 0.323 e. The summed E-state index contributed by atoms with van der Waals surface area (Å²) in [4.78, 5) is 11.5. The predicted octanol–water partition coefficient (Wildman–Crippen LogP) is 0.825. The van der Waals surface area contributed by atoms with Crippen LogP contribution in [0.15, 0.2) is 0 Å². The largest absolute Gasteiger partial charge is 0.468 e. The van der Waals surface area contributed by atoms with Crippen LogP contribution in [0.5, 0.6) is 0 Å². The zero-order valence-corrected chi connectivity index (χ0v) is 7.98. The molecule has 1 saturated carbocycles. The van der Waals surface area contributed by atoms with E-state index in [1.54, 1.807) is 0 Å². The Morgan fingerprint density at radius 2 is 2.38 bits per heavy atom. The minimum absolute atomic E-state index is 0. The van der Waals surface area contributed by atoms with E-state index in [0.717, 1.165) is 0 Å². The van der Waals surface area contributed by atoms with Gasteiger partial charge in [0, 0.05) is 8.22 Å². The van der Waals surface area contributed by atoms with E-state index in [0.29, 0.717) is 0 Å². The number of esters is 1. The number of hydrogen-bond acceptors (Lipinski definition) is 3. The van der Waals surface area contributed by atoms with Crippen LogP contribution < -0.4 is 5.32 Å². The summed E-state index contributed by atoms with van der Waals surface area (Å²) >= 11 is 0. The molecule has 2 fully saturated rings. The molecule has 1 saturated heterocycles. The van der Waals surface area contributed by atoms with E-state index in [1.807, 2.05) is 0 Å². The number of methoxy groups -OCH3 is 1. The van der Waals surface area contributed by atoms with E-state index in [4.69, 9.17) is 8.22 Å². The molecule has 0 aromatic rings. The van der Waals surface area contributed by atoms with Crippen LogP contribution >= 0.6 is 12.4 Å². The molecule has 0 spiro atoms. The van der Waals surface area contributed by atoms with Crippen molar-refractivity contribution in [1.82, 2.24) is 5.32 Å². The second-order valence-corrected chi connectivity index (χ2v) is 3.41. The van der Waals surface area contributed by atoms with Gasteiger partial charge >= 0.3 is 5.97 Å². The van der Waals surface area contributed by atoms with Crippen LogP contribution in [-0.4, -0.2) is 25.7 Å². The van der Waals surface area contributed by atoms with E-state index >= 15 is 0 Å². The summed E-state index contributed by atoms with van der Waals surface area (Å²) in [6.07, 6.45) is 0. The first kappa shape index (κ1) is 4.99. The summed E-state index contributed by atoms with van der Waals surface area (Å²) < 4.78 is 49.8. The SMILES string of the molecule is Cl.[2H]C([2H])([2H])C1(C([2H])([2H])[2H])[C@H]2[C@@H](C(=O)OC)NC[C@@H]21. The normalized spacial score (nSPS) is 47.6. The van der Waals surface area contributed by atoms with Gasteiger partial charge in [-0.05, 0) is 23.8 Å². The number of rotatable bonds is 1. The van der Waals surface area contributed by atoms with Gasteiger partial charge < -0.3 is 10.1 Å². The Morgan fingerprint density at radius 3 is 2.85 bits per heavy atom. The fourth-order valence-electron chi connectivity index (χ4n) is 2.01. The number of nitrogens with one attached hydrogen (secondary N) is 1. The molecule has 0 radical (unpaired) electrons. The molecule has 3 atom stereocenters. The van der Waals surface area contributed by atoms with E-state index in [1.165, 1.54) is 7.11 Å². The second kappa shape index (κ2) is 3.14. The molecule has 1 heterocycles. The minimum atomic E-state index is -2.61. The Morgan fingerprint density at radius 1 is 1.69 bits per heavy atom. The van der Waals surface area contributed by atoms with Crippen LogP contribution in [0.3, 0.4) is 0 Å². The van der Waals surface area contributed by atoms with Crippen LogP contribution in [0.1, 0.15) is 21.9 Å². The lowest BCUT2D eigenvalue weighted by atomic mass is 10.0. The maximum atomic E-state index is 11.5. The molecular formula is C9H16ClNO2. The molecule has 0 aromatic carbocycles. The number of carbonyl (C=O) groups is 1. The molecule has 0 aromatic heterocycles. The third-order valence-corrected chi connectivity index (χ3v) is 2.81. The van der Waals surface area contributed by atoms with Gasteiger partial charge in [0.1, 0.15) is 6.04 Å². The monoisotopic (exact) mass is 211 g/mol. The van der Waals surface area contributed by atoms with Gasteiger partial charge in [0.25, 0.3) is 0 Å². The lowest BCUT2D eigenvalue weighted by Crippen LogP contribution is -2.38. The highest BCUT2D eigenvalue weighted by Gasteiger charge is 2.66. The van der Waals surface area contributed by atoms with Crippen molar-refractivity contribution in [1.29, 1.82) is 0 Å². The molecule has 0 bridgehead atoms. The van der Waals surface area contributed by atoms with Crippen molar-refractivity contribution in [2.45, 2.75) is 19.7 Å². The number of ether oxygens (including phenoxy) is 1. The second-order valence-electron chi connectivity index (χ2n) is 3.41. The van der Waals surface area contributed by atoms with E-state index in [2.05, 4.69) is 10.1 Å². The number of halogens is 1. The fourth-order valence-corrected chi connectivity index (χ4v) is 2.01. The van der Waals surface area contributed by atoms with Crippen LogP contribution in [0.4, 0.5) is 0 Å². The molecule has 13 heavy (non-hydrogen) atoms. The highest BCUT2D eigenvalue weighted by Crippen LogP contribution is 2.62. The van der Waals surface area contributed by atoms with E-state index in [9.17, 15) is 4.79 Å². The Labute approximate surface area is 93.1 Å². The van der Waals surface area contributed by atoms with Crippen LogP contribution in [0, 0.1) is 17.3 Å². The van der Waals surface area contributed by atoms with Crippen molar-refractivity contribution in [2.24, 2.45) is 17.3 Å².